The Labute approximate surface area is 124 Å². The van der Waals surface area contributed by atoms with Crippen molar-refractivity contribution in [3.8, 4) is 11.5 Å². The molecule has 4 nitrogen and oxygen atoms in total. The van der Waals surface area contributed by atoms with E-state index in [1.165, 1.54) is 0 Å². The first-order chi connectivity index (χ1) is 9.69. The number of piperidine rings is 1. The lowest BCUT2D eigenvalue weighted by Gasteiger charge is -2.32. The van der Waals surface area contributed by atoms with Crippen molar-refractivity contribution < 1.29 is 14.3 Å². The zero-order valence-electron chi connectivity index (χ0n) is 11.9. The Bertz CT molecular complexity index is 478. The minimum atomic E-state index is -0.0180. The van der Waals surface area contributed by atoms with Crippen molar-refractivity contribution in [2.45, 2.75) is 12.8 Å². The average Bonchev–Trinajstić information content (AvgIpc) is 2.53. The summed E-state index contributed by atoms with van der Waals surface area (Å²) in [4.78, 5) is 14.5. The summed E-state index contributed by atoms with van der Waals surface area (Å²) in [5.41, 5.74) is 0.544. The largest absolute Gasteiger partial charge is 0.497 e. The van der Waals surface area contributed by atoms with Gasteiger partial charge in [-0.05, 0) is 37.0 Å². The molecule has 1 atom stereocenters. The highest BCUT2D eigenvalue weighted by atomic mass is 35.5. The first-order valence-corrected chi connectivity index (χ1v) is 7.30. The number of carbonyl (C=O) groups is 1. The third-order valence-corrected chi connectivity index (χ3v) is 4.10. The fraction of sp³-hybridized carbons (Fsp3) is 0.533. The summed E-state index contributed by atoms with van der Waals surface area (Å²) < 4.78 is 10.5. The van der Waals surface area contributed by atoms with Gasteiger partial charge in [0, 0.05) is 19.0 Å². The number of halogens is 1. The van der Waals surface area contributed by atoms with Gasteiger partial charge in [0.15, 0.2) is 0 Å². The van der Waals surface area contributed by atoms with Crippen molar-refractivity contribution in [2.24, 2.45) is 5.92 Å². The van der Waals surface area contributed by atoms with Crippen LogP contribution in [0, 0.1) is 5.92 Å². The molecular weight excluding hydrogens is 278 g/mol. The van der Waals surface area contributed by atoms with E-state index in [-0.39, 0.29) is 5.91 Å². The minimum absolute atomic E-state index is 0.0180. The number of rotatable bonds is 4. The van der Waals surface area contributed by atoms with E-state index >= 15 is 0 Å². The Morgan fingerprint density at radius 2 is 2.20 bits per heavy atom. The highest BCUT2D eigenvalue weighted by molar-refractivity contribution is 6.18. The number of likely N-dealkylation sites (tertiary alicyclic amines) is 1. The molecule has 5 heteroatoms. The maximum absolute atomic E-state index is 12.7. The van der Waals surface area contributed by atoms with Crippen molar-refractivity contribution in [1.29, 1.82) is 0 Å². The number of carbonyl (C=O) groups excluding carboxylic acids is 1. The van der Waals surface area contributed by atoms with Crippen LogP contribution in [-0.2, 0) is 0 Å². The van der Waals surface area contributed by atoms with Crippen LogP contribution < -0.4 is 9.47 Å². The Hall–Kier alpha value is -1.42. The maximum atomic E-state index is 12.7. The topological polar surface area (TPSA) is 38.8 Å². The van der Waals surface area contributed by atoms with E-state index in [0.29, 0.717) is 35.4 Å². The highest BCUT2D eigenvalue weighted by Gasteiger charge is 2.26. The fourth-order valence-corrected chi connectivity index (χ4v) is 2.78. The SMILES string of the molecule is COc1ccc(OC)c(C(=O)N2CCCC(CCl)C2)c1. The summed E-state index contributed by atoms with van der Waals surface area (Å²) in [6.45, 7) is 1.48. The fourth-order valence-electron chi connectivity index (χ4n) is 2.53. The van der Waals surface area contributed by atoms with Gasteiger partial charge in [0.25, 0.3) is 5.91 Å². The van der Waals surface area contributed by atoms with Crippen LogP contribution in [0.1, 0.15) is 23.2 Å². The molecule has 0 saturated carbocycles. The molecule has 110 valence electrons. The van der Waals surface area contributed by atoms with Gasteiger partial charge in [-0.3, -0.25) is 4.79 Å². The number of hydrogen-bond acceptors (Lipinski definition) is 3. The van der Waals surface area contributed by atoms with Crippen molar-refractivity contribution in [1.82, 2.24) is 4.90 Å². The van der Waals surface area contributed by atoms with Crippen molar-refractivity contribution in [3.63, 3.8) is 0 Å². The molecule has 2 rings (SSSR count). The average molecular weight is 298 g/mol. The molecule has 1 aromatic carbocycles. The van der Waals surface area contributed by atoms with E-state index in [9.17, 15) is 4.79 Å². The summed E-state index contributed by atoms with van der Waals surface area (Å²) in [5, 5.41) is 0. The Kier molecular flexibility index (Phi) is 5.12. The summed E-state index contributed by atoms with van der Waals surface area (Å²) in [6.07, 6.45) is 2.08. The molecule has 1 unspecified atom stereocenters. The van der Waals surface area contributed by atoms with Gasteiger partial charge in [-0.15, -0.1) is 11.6 Å². The molecule has 1 heterocycles. The summed E-state index contributed by atoms with van der Waals surface area (Å²) in [6, 6.07) is 5.27. The summed E-state index contributed by atoms with van der Waals surface area (Å²) in [7, 11) is 3.15. The molecule has 0 spiro atoms. The van der Waals surface area contributed by atoms with Gasteiger partial charge in [-0.25, -0.2) is 0 Å². The van der Waals surface area contributed by atoms with Crippen LogP contribution in [0.15, 0.2) is 18.2 Å². The molecular formula is C15H20ClNO3. The molecule has 0 bridgehead atoms. The van der Waals surface area contributed by atoms with Crippen molar-refractivity contribution in [2.75, 3.05) is 33.2 Å². The molecule has 1 fully saturated rings. The number of benzene rings is 1. The zero-order chi connectivity index (χ0) is 14.5. The normalized spacial score (nSPS) is 18.8. The van der Waals surface area contributed by atoms with Crippen LogP contribution in [-0.4, -0.2) is 44.0 Å². The number of nitrogens with zero attached hydrogens (tertiary/aromatic N) is 1. The summed E-state index contributed by atoms with van der Waals surface area (Å²) in [5.74, 6) is 2.18. The second-order valence-corrected chi connectivity index (χ2v) is 5.29. The van der Waals surface area contributed by atoms with E-state index in [0.717, 1.165) is 19.4 Å². The standard InChI is InChI=1S/C15H20ClNO3/c1-19-12-5-6-14(20-2)13(8-12)15(18)17-7-3-4-11(9-16)10-17/h5-6,8,11H,3-4,7,9-10H2,1-2H3. The van der Waals surface area contributed by atoms with Gasteiger partial charge in [0.2, 0.25) is 0 Å². The maximum Gasteiger partial charge on any atom is 0.257 e. The third kappa shape index (κ3) is 3.18. The predicted octanol–water partition coefficient (Wildman–Crippen LogP) is 2.79. The van der Waals surface area contributed by atoms with Gasteiger partial charge in [0.05, 0.1) is 19.8 Å². The van der Waals surface area contributed by atoms with Crippen LogP contribution in [0.2, 0.25) is 0 Å². The molecule has 0 N–H and O–H groups in total. The number of amides is 1. The second-order valence-electron chi connectivity index (χ2n) is 4.98. The molecule has 1 aromatic rings. The van der Waals surface area contributed by atoms with Gasteiger partial charge >= 0.3 is 0 Å². The summed E-state index contributed by atoms with van der Waals surface area (Å²) >= 11 is 5.92. The lowest BCUT2D eigenvalue weighted by atomic mass is 9.99. The zero-order valence-corrected chi connectivity index (χ0v) is 12.7. The Morgan fingerprint density at radius 3 is 2.85 bits per heavy atom. The van der Waals surface area contributed by atoms with Crippen LogP contribution in [0.4, 0.5) is 0 Å². The van der Waals surface area contributed by atoms with Crippen molar-refractivity contribution >= 4 is 17.5 Å². The predicted molar refractivity (Wildman–Crippen MR) is 78.9 cm³/mol. The minimum Gasteiger partial charge on any atom is -0.497 e. The molecule has 1 saturated heterocycles. The molecule has 0 aliphatic carbocycles. The molecule has 1 aliphatic heterocycles. The van der Waals surface area contributed by atoms with Gasteiger partial charge in [-0.1, -0.05) is 0 Å². The first-order valence-electron chi connectivity index (χ1n) is 6.76. The quantitative estimate of drug-likeness (QED) is 0.802. The second kappa shape index (κ2) is 6.84. The van der Waals surface area contributed by atoms with E-state index in [2.05, 4.69) is 0 Å². The third-order valence-electron chi connectivity index (χ3n) is 3.66. The lowest BCUT2D eigenvalue weighted by molar-refractivity contribution is 0.0681. The lowest BCUT2D eigenvalue weighted by Crippen LogP contribution is -2.40. The van der Waals surface area contributed by atoms with Crippen molar-refractivity contribution in [3.05, 3.63) is 23.8 Å². The molecule has 1 amide bonds. The Balaban J connectivity index is 2.23. The van der Waals surface area contributed by atoms with Crippen LogP contribution in [0.5, 0.6) is 11.5 Å². The number of ether oxygens (including phenoxy) is 2. The van der Waals surface area contributed by atoms with Crippen LogP contribution in [0.3, 0.4) is 0 Å². The van der Waals surface area contributed by atoms with Gasteiger partial charge in [-0.2, -0.15) is 0 Å². The van der Waals surface area contributed by atoms with Crippen LogP contribution in [0.25, 0.3) is 0 Å². The highest BCUT2D eigenvalue weighted by Crippen LogP contribution is 2.27. The van der Waals surface area contributed by atoms with E-state index < -0.39 is 0 Å². The van der Waals surface area contributed by atoms with Gasteiger partial charge < -0.3 is 14.4 Å². The smallest absolute Gasteiger partial charge is 0.257 e. The van der Waals surface area contributed by atoms with E-state index in [1.807, 2.05) is 4.90 Å². The molecule has 20 heavy (non-hydrogen) atoms. The molecule has 0 radical (unpaired) electrons. The number of hydrogen-bond donors (Lipinski definition) is 0. The number of methoxy groups -OCH3 is 2. The number of alkyl halides is 1. The van der Waals surface area contributed by atoms with E-state index in [1.54, 1.807) is 32.4 Å². The molecule has 1 aliphatic rings. The first kappa shape index (κ1) is 15.0. The monoisotopic (exact) mass is 297 g/mol. The van der Waals surface area contributed by atoms with E-state index in [4.69, 9.17) is 21.1 Å². The van der Waals surface area contributed by atoms with Crippen LogP contribution >= 0.6 is 11.6 Å². The Morgan fingerprint density at radius 1 is 1.40 bits per heavy atom. The van der Waals surface area contributed by atoms with Gasteiger partial charge in [0.1, 0.15) is 11.5 Å². The molecule has 0 aromatic heterocycles.